The van der Waals surface area contributed by atoms with Gasteiger partial charge in [0, 0.05) is 18.2 Å². The maximum Gasteiger partial charge on any atom is 0.217 e. The van der Waals surface area contributed by atoms with Crippen LogP contribution in [0.2, 0.25) is 0 Å². The molecule has 1 aromatic heterocycles. The molecule has 2 rings (SSSR count). The SMILES string of the molecule is CS(=O)(=O)C(CCC(N)=O)n1cc(-c2ccccc2)nn1. The molecular formula is C13H16N4O3S. The Balaban J connectivity index is 2.30. The van der Waals surface area contributed by atoms with Crippen LogP contribution in [0.15, 0.2) is 36.5 Å². The van der Waals surface area contributed by atoms with E-state index in [0.29, 0.717) is 5.69 Å². The van der Waals surface area contributed by atoms with Crippen molar-refractivity contribution < 1.29 is 13.2 Å². The number of carbonyl (C=O) groups is 1. The number of amides is 1. The first-order valence-electron chi connectivity index (χ1n) is 6.32. The minimum atomic E-state index is -3.43. The molecule has 2 N–H and O–H groups in total. The number of sulfone groups is 1. The van der Waals surface area contributed by atoms with Gasteiger partial charge >= 0.3 is 0 Å². The van der Waals surface area contributed by atoms with Crippen LogP contribution in [0.5, 0.6) is 0 Å². The lowest BCUT2D eigenvalue weighted by atomic mass is 10.2. The molecule has 1 atom stereocenters. The van der Waals surface area contributed by atoms with Gasteiger partial charge in [-0.25, -0.2) is 13.1 Å². The van der Waals surface area contributed by atoms with Gasteiger partial charge in [-0.3, -0.25) is 4.79 Å². The van der Waals surface area contributed by atoms with Gasteiger partial charge in [-0.15, -0.1) is 5.10 Å². The number of hydrogen-bond donors (Lipinski definition) is 1. The van der Waals surface area contributed by atoms with E-state index in [1.807, 2.05) is 30.3 Å². The van der Waals surface area contributed by atoms with E-state index in [-0.39, 0.29) is 12.8 Å². The molecule has 0 aliphatic heterocycles. The van der Waals surface area contributed by atoms with E-state index < -0.39 is 21.1 Å². The molecule has 0 aliphatic carbocycles. The lowest BCUT2D eigenvalue weighted by molar-refractivity contribution is -0.118. The molecule has 21 heavy (non-hydrogen) atoms. The van der Waals surface area contributed by atoms with Crippen LogP contribution in [0.1, 0.15) is 18.2 Å². The zero-order valence-corrected chi connectivity index (χ0v) is 12.3. The summed E-state index contributed by atoms with van der Waals surface area (Å²) in [5.74, 6) is -0.549. The van der Waals surface area contributed by atoms with Crippen molar-refractivity contribution in [3.05, 3.63) is 36.5 Å². The third-order valence-electron chi connectivity index (χ3n) is 3.01. The summed E-state index contributed by atoms with van der Waals surface area (Å²) >= 11 is 0. The van der Waals surface area contributed by atoms with Gasteiger partial charge in [-0.05, 0) is 6.42 Å². The molecule has 7 nitrogen and oxygen atoms in total. The molecule has 0 bridgehead atoms. The number of nitrogens with two attached hydrogens (primary N) is 1. The third kappa shape index (κ3) is 3.88. The van der Waals surface area contributed by atoms with E-state index >= 15 is 0 Å². The van der Waals surface area contributed by atoms with Gasteiger partial charge in [0.05, 0.1) is 6.20 Å². The number of nitrogens with zero attached hydrogens (tertiary/aromatic N) is 3. The van der Waals surface area contributed by atoms with Crippen molar-refractivity contribution in [2.75, 3.05) is 6.26 Å². The zero-order chi connectivity index (χ0) is 15.5. The van der Waals surface area contributed by atoms with Crippen molar-refractivity contribution in [2.45, 2.75) is 18.2 Å². The summed E-state index contributed by atoms with van der Waals surface area (Å²) in [6.45, 7) is 0. The highest BCUT2D eigenvalue weighted by Crippen LogP contribution is 2.22. The summed E-state index contributed by atoms with van der Waals surface area (Å²) in [7, 11) is -3.43. The predicted octanol–water partition coefficient (Wildman–Crippen LogP) is 0.754. The summed E-state index contributed by atoms with van der Waals surface area (Å²) in [6, 6.07) is 9.30. The van der Waals surface area contributed by atoms with Crippen LogP contribution in [0.25, 0.3) is 11.3 Å². The number of aromatic nitrogens is 3. The van der Waals surface area contributed by atoms with E-state index in [4.69, 9.17) is 5.73 Å². The van der Waals surface area contributed by atoms with Crippen molar-refractivity contribution in [1.29, 1.82) is 0 Å². The molecule has 0 aliphatic rings. The number of carbonyl (C=O) groups excluding carboxylic acids is 1. The predicted molar refractivity (Wildman–Crippen MR) is 77.8 cm³/mol. The lowest BCUT2D eigenvalue weighted by Crippen LogP contribution is -2.22. The Kier molecular flexibility index (Phi) is 4.37. The molecule has 1 amide bonds. The highest BCUT2D eigenvalue weighted by atomic mass is 32.2. The minimum Gasteiger partial charge on any atom is -0.370 e. The molecule has 1 unspecified atom stereocenters. The Morgan fingerprint density at radius 1 is 1.33 bits per heavy atom. The molecule has 1 heterocycles. The molecule has 0 saturated carbocycles. The van der Waals surface area contributed by atoms with Crippen LogP contribution >= 0.6 is 0 Å². The van der Waals surface area contributed by atoms with Gasteiger partial charge in [-0.2, -0.15) is 0 Å². The maximum absolute atomic E-state index is 11.8. The van der Waals surface area contributed by atoms with Crippen LogP contribution in [0, 0.1) is 0 Å². The quantitative estimate of drug-likeness (QED) is 0.847. The van der Waals surface area contributed by atoms with Crippen LogP contribution < -0.4 is 5.73 Å². The van der Waals surface area contributed by atoms with Crippen LogP contribution in [0.3, 0.4) is 0 Å². The zero-order valence-electron chi connectivity index (χ0n) is 11.5. The van der Waals surface area contributed by atoms with Crippen molar-refractivity contribution in [2.24, 2.45) is 5.73 Å². The first-order valence-corrected chi connectivity index (χ1v) is 8.28. The van der Waals surface area contributed by atoms with Gasteiger partial charge < -0.3 is 5.73 Å². The molecule has 0 spiro atoms. The average Bonchev–Trinajstić information content (AvgIpc) is 2.87. The Labute approximate surface area is 122 Å². The highest BCUT2D eigenvalue weighted by molar-refractivity contribution is 7.90. The molecule has 0 fully saturated rings. The number of rotatable bonds is 6. The topological polar surface area (TPSA) is 108 Å². The van der Waals surface area contributed by atoms with E-state index in [0.717, 1.165) is 11.8 Å². The van der Waals surface area contributed by atoms with E-state index in [9.17, 15) is 13.2 Å². The van der Waals surface area contributed by atoms with Gasteiger partial charge in [0.15, 0.2) is 15.2 Å². The Bertz CT molecular complexity index is 725. The molecule has 112 valence electrons. The Morgan fingerprint density at radius 3 is 2.57 bits per heavy atom. The number of primary amides is 1. The summed E-state index contributed by atoms with van der Waals surface area (Å²) in [6.07, 6.45) is 2.70. The van der Waals surface area contributed by atoms with Gasteiger partial charge in [-0.1, -0.05) is 35.5 Å². The normalized spacial score (nSPS) is 13.0. The van der Waals surface area contributed by atoms with E-state index in [1.54, 1.807) is 6.20 Å². The van der Waals surface area contributed by atoms with E-state index in [1.165, 1.54) is 4.68 Å². The lowest BCUT2D eigenvalue weighted by Gasteiger charge is -2.13. The largest absolute Gasteiger partial charge is 0.370 e. The first kappa shape index (κ1) is 15.2. The molecule has 0 saturated heterocycles. The monoisotopic (exact) mass is 308 g/mol. The smallest absolute Gasteiger partial charge is 0.217 e. The standard InChI is InChI=1S/C13H16N4O3S/c1-21(19,20)13(8-7-12(14)18)17-9-11(15-16-17)10-5-3-2-4-6-10/h2-6,9,13H,7-8H2,1H3,(H2,14,18). The van der Waals surface area contributed by atoms with Crippen LogP contribution in [-0.2, 0) is 14.6 Å². The fraction of sp³-hybridized carbons (Fsp3) is 0.308. The van der Waals surface area contributed by atoms with Crippen LogP contribution in [0.4, 0.5) is 0 Å². The van der Waals surface area contributed by atoms with Crippen molar-refractivity contribution in [1.82, 2.24) is 15.0 Å². The molecule has 8 heteroatoms. The van der Waals surface area contributed by atoms with E-state index in [2.05, 4.69) is 10.3 Å². The molecule has 2 aromatic rings. The minimum absolute atomic E-state index is 0.0295. The van der Waals surface area contributed by atoms with Crippen molar-refractivity contribution >= 4 is 15.7 Å². The fourth-order valence-corrected chi connectivity index (χ4v) is 3.01. The molecule has 1 aromatic carbocycles. The highest BCUT2D eigenvalue weighted by Gasteiger charge is 2.24. The number of hydrogen-bond acceptors (Lipinski definition) is 5. The average molecular weight is 308 g/mol. The Hall–Kier alpha value is -2.22. The number of benzene rings is 1. The summed E-state index contributed by atoms with van der Waals surface area (Å²) in [5.41, 5.74) is 6.49. The summed E-state index contributed by atoms with van der Waals surface area (Å²) in [5, 5.41) is 6.90. The van der Waals surface area contributed by atoms with Crippen molar-refractivity contribution in [3.8, 4) is 11.3 Å². The van der Waals surface area contributed by atoms with Gasteiger partial charge in [0.1, 0.15) is 5.69 Å². The summed E-state index contributed by atoms with van der Waals surface area (Å²) in [4.78, 5) is 10.9. The second kappa shape index (κ2) is 6.04. The fourth-order valence-electron chi connectivity index (χ4n) is 1.97. The van der Waals surface area contributed by atoms with Crippen LogP contribution in [-0.4, -0.2) is 35.6 Å². The second-order valence-electron chi connectivity index (χ2n) is 4.74. The maximum atomic E-state index is 11.8. The second-order valence-corrected chi connectivity index (χ2v) is 6.94. The van der Waals surface area contributed by atoms with Gasteiger partial charge in [0.25, 0.3) is 0 Å². The summed E-state index contributed by atoms with van der Waals surface area (Å²) < 4.78 is 25.0. The Morgan fingerprint density at radius 2 is 2.00 bits per heavy atom. The first-order chi connectivity index (χ1) is 9.88. The van der Waals surface area contributed by atoms with Crippen molar-refractivity contribution in [3.63, 3.8) is 0 Å². The van der Waals surface area contributed by atoms with Gasteiger partial charge in [0.2, 0.25) is 5.91 Å². The third-order valence-corrected chi connectivity index (χ3v) is 4.45. The molecule has 0 radical (unpaired) electrons. The molecular weight excluding hydrogens is 292 g/mol.